The van der Waals surface area contributed by atoms with Crippen molar-refractivity contribution in [2.75, 3.05) is 0 Å². The molecule has 0 unspecified atom stereocenters. The summed E-state index contributed by atoms with van der Waals surface area (Å²) in [5.41, 5.74) is 4.07. The number of nitrogens with one attached hydrogen (secondary N) is 1. The Balaban J connectivity index is 1.69. The largest absolute Gasteiger partial charge is 0.351 e. The predicted octanol–water partition coefficient (Wildman–Crippen LogP) is 3.96. The molecule has 1 aliphatic rings. The lowest BCUT2D eigenvalue weighted by Crippen LogP contribution is -2.21. The van der Waals surface area contributed by atoms with Crippen LogP contribution in [0.15, 0.2) is 49.1 Å². The molecule has 28 heavy (non-hydrogen) atoms. The van der Waals surface area contributed by atoms with Crippen LogP contribution >= 0.6 is 0 Å². The molecule has 3 aromatic heterocycles. The van der Waals surface area contributed by atoms with Gasteiger partial charge in [0.25, 0.3) is 0 Å². The summed E-state index contributed by atoms with van der Waals surface area (Å²) in [7, 11) is 0. The fourth-order valence-electron chi connectivity index (χ4n) is 3.66. The van der Waals surface area contributed by atoms with Crippen molar-refractivity contribution >= 4 is 22.5 Å². The lowest BCUT2D eigenvalue weighted by atomic mass is 9.88. The molecule has 0 saturated carbocycles. The highest BCUT2D eigenvalue weighted by molar-refractivity contribution is 6.32. The van der Waals surface area contributed by atoms with E-state index in [2.05, 4.69) is 35.8 Å². The van der Waals surface area contributed by atoms with E-state index in [-0.39, 0.29) is 17.1 Å². The summed E-state index contributed by atoms with van der Waals surface area (Å²) in [6, 6.07) is 7.41. The van der Waals surface area contributed by atoms with Crippen LogP contribution in [-0.4, -0.2) is 31.3 Å². The maximum Gasteiger partial charge on any atom is 0.210 e. The molecule has 0 bridgehead atoms. The van der Waals surface area contributed by atoms with E-state index in [0.29, 0.717) is 22.4 Å². The molecule has 0 saturated heterocycles. The summed E-state index contributed by atoms with van der Waals surface area (Å²) < 4.78 is 1.91. The second kappa shape index (κ2) is 5.48. The van der Waals surface area contributed by atoms with Crippen molar-refractivity contribution in [2.24, 2.45) is 0 Å². The van der Waals surface area contributed by atoms with Gasteiger partial charge in [-0.2, -0.15) is 5.10 Å². The Bertz CT molecular complexity index is 1290. The van der Waals surface area contributed by atoms with Crippen molar-refractivity contribution in [3.63, 3.8) is 0 Å². The molecule has 1 aromatic carbocycles. The summed E-state index contributed by atoms with van der Waals surface area (Å²) in [6.07, 6.45) is 6.81. The van der Waals surface area contributed by atoms with Gasteiger partial charge in [0.05, 0.1) is 28.6 Å². The van der Waals surface area contributed by atoms with Crippen LogP contribution in [0.1, 0.15) is 52.7 Å². The average molecular weight is 370 g/mol. The Kier molecular flexibility index (Phi) is 3.25. The van der Waals surface area contributed by atoms with Crippen LogP contribution in [0.5, 0.6) is 0 Å². The standard InChI is InChI=1S/C22H18N4O2/c1-22(2,3)26-11-13(9-24-26)12-4-5-17-15(8-12)18-19(25-17)21(28)14-6-7-23-10-16(14)20(18)27/h4-11,25H,1-3H3. The van der Waals surface area contributed by atoms with E-state index < -0.39 is 0 Å². The van der Waals surface area contributed by atoms with Crippen LogP contribution in [0.3, 0.4) is 0 Å². The lowest BCUT2D eigenvalue weighted by molar-refractivity contribution is 0.0977. The van der Waals surface area contributed by atoms with Gasteiger partial charge in [-0.1, -0.05) is 6.07 Å². The molecule has 0 fully saturated rings. The summed E-state index contributed by atoms with van der Waals surface area (Å²) in [5, 5.41) is 5.20. The molecule has 0 radical (unpaired) electrons. The molecule has 1 N–H and O–H groups in total. The minimum absolute atomic E-state index is 0.116. The number of nitrogens with zero attached hydrogens (tertiary/aromatic N) is 3. The number of pyridine rings is 1. The highest BCUT2D eigenvalue weighted by Gasteiger charge is 2.33. The van der Waals surface area contributed by atoms with Crippen LogP contribution in [0.2, 0.25) is 0 Å². The van der Waals surface area contributed by atoms with Gasteiger partial charge in [0.2, 0.25) is 5.78 Å². The molecule has 138 valence electrons. The van der Waals surface area contributed by atoms with Gasteiger partial charge in [0.1, 0.15) is 0 Å². The smallest absolute Gasteiger partial charge is 0.210 e. The van der Waals surface area contributed by atoms with Gasteiger partial charge >= 0.3 is 0 Å². The number of hydrogen-bond donors (Lipinski definition) is 1. The Labute approximate surface area is 161 Å². The number of carbonyl (C=O) groups excluding carboxylic acids is 2. The Hall–Kier alpha value is -3.54. The number of aromatic nitrogens is 4. The third kappa shape index (κ3) is 2.27. The van der Waals surface area contributed by atoms with Crippen molar-refractivity contribution in [1.29, 1.82) is 0 Å². The number of benzene rings is 1. The van der Waals surface area contributed by atoms with Gasteiger partial charge in [-0.05, 0) is 44.5 Å². The van der Waals surface area contributed by atoms with Gasteiger partial charge in [-0.15, -0.1) is 0 Å². The number of aromatic amines is 1. The summed E-state index contributed by atoms with van der Waals surface area (Å²) in [6.45, 7) is 6.27. The van der Waals surface area contributed by atoms with Crippen molar-refractivity contribution in [2.45, 2.75) is 26.3 Å². The first-order valence-electron chi connectivity index (χ1n) is 9.09. The number of H-pyrrole nitrogens is 1. The second-order valence-corrected chi connectivity index (χ2v) is 8.06. The van der Waals surface area contributed by atoms with E-state index in [9.17, 15) is 9.59 Å². The summed E-state index contributed by atoms with van der Waals surface area (Å²) in [4.78, 5) is 33.1. The quantitative estimate of drug-likeness (QED) is 0.484. The highest BCUT2D eigenvalue weighted by atomic mass is 16.1. The lowest BCUT2D eigenvalue weighted by Gasteiger charge is -2.18. The molecule has 0 aliphatic heterocycles. The van der Waals surface area contributed by atoms with Gasteiger partial charge < -0.3 is 4.98 Å². The molecule has 6 heteroatoms. The van der Waals surface area contributed by atoms with E-state index in [1.165, 1.54) is 12.4 Å². The number of fused-ring (bicyclic) bond motifs is 4. The second-order valence-electron chi connectivity index (χ2n) is 8.06. The molecule has 3 heterocycles. The molecule has 1 aliphatic carbocycles. The average Bonchev–Trinajstić information content (AvgIpc) is 3.30. The molecule has 5 rings (SSSR count). The minimum atomic E-state index is -0.176. The molecule has 6 nitrogen and oxygen atoms in total. The molecule has 0 spiro atoms. The molecule has 0 amide bonds. The van der Waals surface area contributed by atoms with Crippen molar-refractivity contribution < 1.29 is 9.59 Å². The van der Waals surface area contributed by atoms with E-state index >= 15 is 0 Å². The molecular weight excluding hydrogens is 352 g/mol. The third-order valence-electron chi connectivity index (χ3n) is 5.17. The maximum atomic E-state index is 13.1. The highest BCUT2D eigenvalue weighted by Crippen LogP contribution is 2.34. The fraction of sp³-hybridized carbons (Fsp3) is 0.182. The molecular formula is C22H18N4O2. The zero-order valence-corrected chi connectivity index (χ0v) is 15.8. The van der Waals surface area contributed by atoms with Gasteiger partial charge in [-0.3, -0.25) is 19.3 Å². The topological polar surface area (TPSA) is 80.6 Å². The predicted molar refractivity (Wildman–Crippen MR) is 106 cm³/mol. The van der Waals surface area contributed by atoms with Crippen LogP contribution in [0.4, 0.5) is 0 Å². The van der Waals surface area contributed by atoms with Crippen molar-refractivity contribution in [3.8, 4) is 11.1 Å². The SMILES string of the molecule is CC(C)(C)n1cc(-c2ccc3[nH]c4c(c3c2)C(=O)c2cnccc2C4=O)cn1. The maximum absolute atomic E-state index is 13.1. The van der Waals surface area contributed by atoms with Gasteiger partial charge in [-0.25, -0.2) is 0 Å². The van der Waals surface area contributed by atoms with Crippen LogP contribution in [-0.2, 0) is 5.54 Å². The fourth-order valence-corrected chi connectivity index (χ4v) is 3.66. The van der Waals surface area contributed by atoms with Crippen LogP contribution in [0, 0.1) is 0 Å². The van der Waals surface area contributed by atoms with Gasteiger partial charge in [0.15, 0.2) is 5.78 Å². The monoisotopic (exact) mass is 370 g/mol. The van der Waals surface area contributed by atoms with Crippen molar-refractivity contribution in [3.05, 3.63) is 71.4 Å². The Morgan fingerprint density at radius 1 is 0.964 bits per heavy atom. The van der Waals surface area contributed by atoms with E-state index in [1.54, 1.807) is 6.07 Å². The summed E-state index contributed by atoms with van der Waals surface area (Å²) >= 11 is 0. The number of hydrogen-bond acceptors (Lipinski definition) is 4. The number of rotatable bonds is 1. The molecule has 4 aromatic rings. The van der Waals surface area contributed by atoms with Crippen LogP contribution < -0.4 is 0 Å². The summed E-state index contributed by atoms with van der Waals surface area (Å²) in [5.74, 6) is -0.350. The first-order chi connectivity index (χ1) is 13.3. The van der Waals surface area contributed by atoms with Crippen LogP contribution in [0.25, 0.3) is 22.0 Å². The number of carbonyl (C=O) groups is 2. The van der Waals surface area contributed by atoms with E-state index in [0.717, 1.165) is 22.0 Å². The van der Waals surface area contributed by atoms with Crippen molar-refractivity contribution in [1.82, 2.24) is 19.7 Å². The molecule has 0 atom stereocenters. The Morgan fingerprint density at radius 2 is 1.79 bits per heavy atom. The van der Waals surface area contributed by atoms with E-state index in [4.69, 9.17) is 0 Å². The zero-order chi connectivity index (χ0) is 19.6. The first kappa shape index (κ1) is 16.6. The van der Waals surface area contributed by atoms with E-state index in [1.807, 2.05) is 35.3 Å². The zero-order valence-electron chi connectivity index (χ0n) is 15.8. The van der Waals surface area contributed by atoms with Gasteiger partial charge in [0, 0.05) is 40.6 Å². The minimum Gasteiger partial charge on any atom is -0.351 e. The first-order valence-corrected chi connectivity index (χ1v) is 9.09. The number of ketones is 2. The Morgan fingerprint density at radius 3 is 2.54 bits per heavy atom. The third-order valence-corrected chi connectivity index (χ3v) is 5.17. The normalized spacial score (nSPS) is 13.7.